The Morgan fingerprint density at radius 3 is 2.35 bits per heavy atom. The van der Waals surface area contributed by atoms with Crippen LogP contribution >= 0.6 is 0 Å². The minimum Gasteiger partial charge on any atom is -0.488 e. The molecule has 0 unspecified atom stereocenters. The van der Waals surface area contributed by atoms with Crippen molar-refractivity contribution in [1.29, 1.82) is 0 Å². The first-order valence-corrected chi connectivity index (χ1v) is 5.48. The molecule has 0 fully saturated rings. The van der Waals surface area contributed by atoms with Gasteiger partial charge in [-0.1, -0.05) is 0 Å². The van der Waals surface area contributed by atoms with Crippen LogP contribution in [0.2, 0.25) is 0 Å². The molecule has 0 heterocycles. The number of hydrogen-bond acceptors (Lipinski definition) is 3. The molecular weight excluding hydrogens is 230 g/mol. The Morgan fingerprint density at radius 1 is 1.18 bits per heavy atom. The van der Waals surface area contributed by atoms with Crippen LogP contribution in [0.3, 0.4) is 0 Å². The number of ether oxygens (including phenoxy) is 2. The van der Waals surface area contributed by atoms with Gasteiger partial charge >= 0.3 is 0 Å². The molecule has 96 valence electrons. The molecule has 0 spiro atoms. The molecule has 1 rings (SSSR count). The largest absolute Gasteiger partial charge is 0.488 e. The molecule has 0 aliphatic rings. The van der Waals surface area contributed by atoms with E-state index >= 15 is 0 Å². The molecule has 3 nitrogen and oxygen atoms in total. The highest BCUT2D eigenvalue weighted by molar-refractivity contribution is 5.31. The van der Waals surface area contributed by atoms with Gasteiger partial charge in [0.2, 0.25) is 0 Å². The number of halogens is 2. The van der Waals surface area contributed by atoms with Crippen LogP contribution in [0.25, 0.3) is 0 Å². The Hall–Kier alpha value is -1.20. The van der Waals surface area contributed by atoms with Gasteiger partial charge in [0.05, 0.1) is 13.2 Å². The predicted molar refractivity (Wildman–Crippen MR) is 58.9 cm³/mol. The molecule has 0 amide bonds. The van der Waals surface area contributed by atoms with Gasteiger partial charge in [0.25, 0.3) is 0 Å². The van der Waals surface area contributed by atoms with Gasteiger partial charge in [-0.05, 0) is 24.6 Å². The van der Waals surface area contributed by atoms with E-state index in [1.807, 2.05) is 6.92 Å². The number of hydrogen-bond donors (Lipinski definition) is 1. The zero-order valence-electron chi connectivity index (χ0n) is 9.71. The topological polar surface area (TPSA) is 38.7 Å². The van der Waals surface area contributed by atoms with E-state index in [1.54, 1.807) is 0 Å². The second kappa shape index (κ2) is 7.19. The summed E-state index contributed by atoms with van der Waals surface area (Å²) in [6, 6.07) is 2.11. The molecule has 1 aromatic rings. The minimum absolute atomic E-state index is 0.182. The molecule has 0 aliphatic carbocycles. The molecule has 0 bridgehead atoms. The molecule has 0 radical (unpaired) electrons. The lowest BCUT2D eigenvalue weighted by atomic mass is 10.2. The average molecular weight is 246 g/mol. The van der Waals surface area contributed by atoms with Gasteiger partial charge in [-0.15, -0.1) is 0 Å². The zero-order valence-corrected chi connectivity index (χ0v) is 9.71. The van der Waals surface area contributed by atoms with Crippen molar-refractivity contribution in [2.24, 2.45) is 0 Å². The van der Waals surface area contributed by atoms with Gasteiger partial charge in [-0.3, -0.25) is 0 Å². The van der Waals surface area contributed by atoms with Crippen LogP contribution in [0.15, 0.2) is 12.1 Å². The summed E-state index contributed by atoms with van der Waals surface area (Å²) < 4.78 is 36.8. The predicted octanol–water partition coefficient (Wildman–Crippen LogP) is 2.26. The van der Waals surface area contributed by atoms with Gasteiger partial charge < -0.3 is 14.6 Å². The number of benzene rings is 1. The van der Waals surface area contributed by atoms with Gasteiger partial charge in [0.15, 0.2) is 17.4 Å². The van der Waals surface area contributed by atoms with Gasteiger partial charge in [0.1, 0.15) is 0 Å². The van der Waals surface area contributed by atoms with E-state index in [-0.39, 0.29) is 12.2 Å². The fourth-order valence-electron chi connectivity index (χ4n) is 1.32. The maximum absolute atomic E-state index is 13.4. The molecule has 1 N–H and O–H groups in total. The normalized spacial score (nSPS) is 10.6. The fourth-order valence-corrected chi connectivity index (χ4v) is 1.32. The Bertz CT molecular complexity index is 333. The number of rotatable bonds is 7. The number of aliphatic hydroxyl groups is 1. The number of aliphatic hydroxyl groups excluding tert-OH is 1. The van der Waals surface area contributed by atoms with Crippen LogP contribution in [0.5, 0.6) is 5.75 Å². The Labute approximate surface area is 99.0 Å². The van der Waals surface area contributed by atoms with Gasteiger partial charge in [-0.25, -0.2) is 8.78 Å². The Balaban J connectivity index is 2.53. The maximum Gasteiger partial charge on any atom is 0.190 e. The highest BCUT2D eigenvalue weighted by atomic mass is 19.1. The van der Waals surface area contributed by atoms with Crippen molar-refractivity contribution in [3.8, 4) is 5.75 Å². The third-order valence-electron chi connectivity index (χ3n) is 2.12. The van der Waals surface area contributed by atoms with Crippen molar-refractivity contribution in [1.82, 2.24) is 0 Å². The maximum atomic E-state index is 13.4. The first-order valence-electron chi connectivity index (χ1n) is 5.48. The van der Waals surface area contributed by atoms with Crippen LogP contribution in [0.1, 0.15) is 18.9 Å². The van der Waals surface area contributed by atoms with Crippen LogP contribution in [0, 0.1) is 11.6 Å². The van der Waals surface area contributed by atoms with E-state index in [4.69, 9.17) is 14.6 Å². The van der Waals surface area contributed by atoms with Gasteiger partial charge in [-0.2, -0.15) is 0 Å². The molecule has 17 heavy (non-hydrogen) atoms. The van der Waals surface area contributed by atoms with Crippen LogP contribution in [-0.2, 0) is 11.3 Å². The lowest BCUT2D eigenvalue weighted by molar-refractivity contribution is 0.129. The van der Waals surface area contributed by atoms with Crippen molar-refractivity contribution in [2.75, 3.05) is 19.8 Å². The van der Waals surface area contributed by atoms with Crippen LogP contribution in [-0.4, -0.2) is 24.9 Å². The lowest BCUT2D eigenvalue weighted by Crippen LogP contribution is -2.06. The third kappa shape index (κ3) is 4.28. The second-order valence-electron chi connectivity index (χ2n) is 3.45. The van der Waals surface area contributed by atoms with E-state index in [1.165, 1.54) is 0 Å². The van der Waals surface area contributed by atoms with E-state index in [0.29, 0.717) is 19.6 Å². The molecule has 5 heteroatoms. The first kappa shape index (κ1) is 13.9. The third-order valence-corrected chi connectivity index (χ3v) is 2.12. The molecule has 0 saturated heterocycles. The summed E-state index contributed by atoms with van der Waals surface area (Å²) in [5, 5.41) is 8.76. The van der Waals surface area contributed by atoms with Gasteiger partial charge in [0, 0.05) is 19.6 Å². The summed E-state index contributed by atoms with van der Waals surface area (Å²) in [4.78, 5) is 0. The van der Waals surface area contributed by atoms with E-state index in [2.05, 4.69) is 0 Å². The highest BCUT2D eigenvalue weighted by Crippen LogP contribution is 2.23. The first-order chi connectivity index (χ1) is 8.19. The second-order valence-corrected chi connectivity index (χ2v) is 3.45. The summed E-state index contributed by atoms with van der Waals surface area (Å²) in [7, 11) is 0. The standard InChI is InChI=1S/C12H16F2O3/c1-2-16-4-3-5-17-12-10(13)6-9(8-15)7-11(12)14/h6-7,15H,2-5,8H2,1H3. The lowest BCUT2D eigenvalue weighted by Gasteiger charge is -2.09. The summed E-state index contributed by atoms with van der Waals surface area (Å²) in [6.07, 6.45) is 0.564. The quantitative estimate of drug-likeness (QED) is 0.750. The molecule has 0 atom stereocenters. The van der Waals surface area contributed by atoms with Crippen LogP contribution in [0.4, 0.5) is 8.78 Å². The van der Waals surface area contributed by atoms with Crippen molar-refractivity contribution >= 4 is 0 Å². The summed E-state index contributed by atoms with van der Waals surface area (Å²) in [5.74, 6) is -2.00. The van der Waals surface area contributed by atoms with E-state index in [0.717, 1.165) is 12.1 Å². The van der Waals surface area contributed by atoms with Crippen molar-refractivity contribution in [2.45, 2.75) is 20.0 Å². The Morgan fingerprint density at radius 2 is 1.82 bits per heavy atom. The smallest absolute Gasteiger partial charge is 0.190 e. The van der Waals surface area contributed by atoms with E-state index in [9.17, 15) is 8.78 Å². The Kier molecular flexibility index (Phi) is 5.86. The fraction of sp³-hybridized carbons (Fsp3) is 0.500. The van der Waals surface area contributed by atoms with Crippen molar-refractivity contribution in [3.63, 3.8) is 0 Å². The minimum atomic E-state index is -0.801. The summed E-state index contributed by atoms with van der Waals surface area (Å²) in [5.41, 5.74) is 0.182. The van der Waals surface area contributed by atoms with Crippen LogP contribution < -0.4 is 4.74 Å². The average Bonchev–Trinajstić information content (AvgIpc) is 2.31. The summed E-state index contributed by atoms with van der Waals surface area (Å²) in [6.45, 7) is 2.75. The monoisotopic (exact) mass is 246 g/mol. The molecule has 0 aliphatic heterocycles. The van der Waals surface area contributed by atoms with Crippen molar-refractivity contribution < 1.29 is 23.4 Å². The SMILES string of the molecule is CCOCCCOc1c(F)cc(CO)cc1F. The van der Waals surface area contributed by atoms with E-state index < -0.39 is 24.0 Å². The van der Waals surface area contributed by atoms with Crippen molar-refractivity contribution in [3.05, 3.63) is 29.3 Å². The molecule has 1 aromatic carbocycles. The highest BCUT2D eigenvalue weighted by Gasteiger charge is 2.12. The molecular formula is C12H16F2O3. The zero-order chi connectivity index (χ0) is 12.7. The molecule has 0 aromatic heterocycles. The molecule has 0 saturated carbocycles. The summed E-state index contributed by atoms with van der Waals surface area (Å²) >= 11 is 0.